The van der Waals surface area contributed by atoms with Gasteiger partial charge in [-0.2, -0.15) is 0 Å². The molecule has 0 aromatic heterocycles. The second kappa shape index (κ2) is 9.72. The van der Waals surface area contributed by atoms with Crippen molar-refractivity contribution < 1.29 is 4.74 Å². The molecule has 0 heterocycles. The fourth-order valence-corrected chi connectivity index (χ4v) is 2.64. The van der Waals surface area contributed by atoms with Gasteiger partial charge >= 0.3 is 0 Å². The highest BCUT2D eigenvalue weighted by Gasteiger charge is 2.14. The third-order valence-corrected chi connectivity index (χ3v) is 3.94. The van der Waals surface area contributed by atoms with Crippen LogP contribution >= 0.6 is 24.2 Å². The van der Waals surface area contributed by atoms with Crippen molar-refractivity contribution in [2.45, 2.75) is 17.4 Å². The highest BCUT2D eigenvalue weighted by molar-refractivity contribution is 7.98. The van der Waals surface area contributed by atoms with E-state index in [1.54, 1.807) is 11.8 Å². The molecule has 0 aliphatic rings. The molecule has 2 aromatic rings. The van der Waals surface area contributed by atoms with Gasteiger partial charge in [-0.05, 0) is 37.5 Å². The SMILES string of the molecule is CNCC[C@@H](Oc1ccccc1SC)c1ccccc1.Cl. The maximum atomic E-state index is 6.26. The first-order valence-corrected chi connectivity index (χ1v) is 8.07. The van der Waals surface area contributed by atoms with Crippen LogP contribution in [0.2, 0.25) is 0 Å². The molecule has 0 spiro atoms. The summed E-state index contributed by atoms with van der Waals surface area (Å²) in [5.74, 6) is 0.963. The van der Waals surface area contributed by atoms with Crippen LogP contribution in [0.5, 0.6) is 5.75 Å². The summed E-state index contributed by atoms with van der Waals surface area (Å²) in [5.41, 5.74) is 1.22. The summed E-state index contributed by atoms with van der Waals surface area (Å²) in [6.07, 6.45) is 3.10. The Morgan fingerprint density at radius 1 is 1.05 bits per heavy atom. The molecule has 0 amide bonds. The molecule has 0 aliphatic carbocycles. The van der Waals surface area contributed by atoms with Crippen molar-refractivity contribution >= 4 is 24.2 Å². The quantitative estimate of drug-likeness (QED) is 0.755. The number of hydrogen-bond acceptors (Lipinski definition) is 3. The molecule has 0 saturated heterocycles. The van der Waals surface area contributed by atoms with Gasteiger partial charge in [0.25, 0.3) is 0 Å². The van der Waals surface area contributed by atoms with Gasteiger partial charge in [-0.3, -0.25) is 0 Å². The number of thioether (sulfide) groups is 1. The average molecular weight is 324 g/mol. The van der Waals surface area contributed by atoms with E-state index in [4.69, 9.17) is 4.74 Å². The monoisotopic (exact) mass is 323 g/mol. The predicted molar refractivity (Wildman–Crippen MR) is 93.8 cm³/mol. The molecule has 2 aromatic carbocycles. The van der Waals surface area contributed by atoms with Crippen molar-refractivity contribution in [2.24, 2.45) is 0 Å². The Balaban J connectivity index is 0.00000220. The molecule has 1 atom stereocenters. The zero-order valence-electron chi connectivity index (χ0n) is 12.4. The first kappa shape index (κ1) is 17.9. The lowest BCUT2D eigenvalue weighted by molar-refractivity contribution is 0.190. The van der Waals surface area contributed by atoms with E-state index in [1.807, 2.05) is 31.3 Å². The largest absolute Gasteiger partial charge is 0.485 e. The van der Waals surface area contributed by atoms with Gasteiger partial charge in [0, 0.05) is 11.3 Å². The molecule has 2 rings (SSSR count). The van der Waals surface area contributed by atoms with Crippen LogP contribution in [0.4, 0.5) is 0 Å². The fraction of sp³-hybridized carbons (Fsp3) is 0.294. The smallest absolute Gasteiger partial charge is 0.133 e. The highest BCUT2D eigenvalue weighted by atomic mass is 35.5. The number of halogens is 1. The van der Waals surface area contributed by atoms with Crippen LogP contribution in [0.1, 0.15) is 18.1 Å². The zero-order chi connectivity index (χ0) is 14.2. The minimum Gasteiger partial charge on any atom is -0.485 e. The van der Waals surface area contributed by atoms with E-state index >= 15 is 0 Å². The minimum absolute atomic E-state index is 0. The van der Waals surface area contributed by atoms with E-state index in [1.165, 1.54) is 10.5 Å². The van der Waals surface area contributed by atoms with Crippen molar-refractivity contribution in [3.63, 3.8) is 0 Å². The molecule has 1 N–H and O–H groups in total. The summed E-state index contributed by atoms with van der Waals surface area (Å²) >= 11 is 1.72. The van der Waals surface area contributed by atoms with Gasteiger partial charge in [0.05, 0.1) is 0 Å². The van der Waals surface area contributed by atoms with Crippen LogP contribution < -0.4 is 10.1 Å². The van der Waals surface area contributed by atoms with Crippen LogP contribution in [0.15, 0.2) is 59.5 Å². The van der Waals surface area contributed by atoms with E-state index in [-0.39, 0.29) is 18.5 Å². The van der Waals surface area contributed by atoms with Crippen LogP contribution in [0.3, 0.4) is 0 Å². The van der Waals surface area contributed by atoms with Crippen molar-refractivity contribution in [2.75, 3.05) is 19.8 Å². The van der Waals surface area contributed by atoms with Crippen LogP contribution in [-0.2, 0) is 0 Å². The molecule has 0 saturated carbocycles. The van der Waals surface area contributed by atoms with Crippen molar-refractivity contribution in [3.8, 4) is 5.75 Å². The molecule has 0 unspecified atom stereocenters. The van der Waals surface area contributed by atoms with Gasteiger partial charge in [0.15, 0.2) is 0 Å². The Kier molecular flexibility index (Phi) is 8.28. The van der Waals surface area contributed by atoms with Crippen molar-refractivity contribution in [1.29, 1.82) is 0 Å². The summed E-state index contributed by atoms with van der Waals surface area (Å²) < 4.78 is 6.26. The molecule has 21 heavy (non-hydrogen) atoms. The first-order valence-electron chi connectivity index (χ1n) is 6.84. The number of ether oxygens (including phenoxy) is 1. The molecule has 0 bridgehead atoms. The number of benzene rings is 2. The second-order valence-corrected chi connectivity index (χ2v) is 5.41. The lowest BCUT2D eigenvalue weighted by atomic mass is 10.1. The van der Waals surface area contributed by atoms with Crippen LogP contribution in [-0.4, -0.2) is 19.8 Å². The molecule has 0 radical (unpaired) electrons. The number of nitrogens with one attached hydrogen (secondary N) is 1. The number of para-hydroxylation sites is 1. The summed E-state index contributed by atoms with van der Waals surface area (Å²) in [7, 11) is 1.97. The number of rotatable bonds is 7. The summed E-state index contributed by atoms with van der Waals surface area (Å²) in [6, 6.07) is 18.6. The Bertz CT molecular complexity index is 521. The van der Waals surface area contributed by atoms with E-state index in [0.717, 1.165) is 18.7 Å². The predicted octanol–water partition coefficient (Wildman–Crippen LogP) is 4.56. The van der Waals surface area contributed by atoms with Gasteiger partial charge in [0.2, 0.25) is 0 Å². The Morgan fingerprint density at radius 2 is 1.71 bits per heavy atom. The van der Waals surface area contributed by atoms with Crippen molar-refractivity contribution in [1.82, 2.24) is 5.32 Å². The van der Waals surface area contributed by atoms with E-state index in [2.05, 4.69) is 41.9 Å². The molecule has 4 heteroatoms. The molecule has 0 aliphatic heterocycles. The molecular formula is C17H22ClNOS. The summed E-state index contributed by atoms with van der Waals surface area (Å²) in [5, 5.41) is 3.20. The third-order valence-electron chi connectivity index (χ3n) is 3.17. The van der Waals surface area contributed by atoms with Crippen LogP contribution in [0, 0.1) is 0 Å². The second-order valence-electron chi connectivity index (χ2n) is 4.56. The lowest BCUT2D eigenvalue weighted by Crippen LogP contribution is -2.16. The van der Waals surface area contributed by atoms with E-state index in [0.29, 0.717) is 0 Å². The Labute approximate surface area is 137 Å². The maximum Gasteiger partial charge on any atom is 0.133 e. The molecule has 0 fully saturated rings. The average Bonchev–Trinajstić information content (AvgIpc) is 2.52. The normalized spacial score (nSPS) is 11.5. The maximum absolute atomic E-state index is 6.26. The Morgan fingerprint density at radius 3 is 2.38 bits per heavy atom. The third kappa shape index (κ3) is 5.27. The van der Waals surface area contributed by atoms with E-state index in [9.17, 15) is 0 Å². The van der Waals surface area contributed by atoms with Crippen LogP contribution in [0.25, 0.3) is 0 Å². The van der Waals surface area contributed by atoms with E-state index < -0.39 is 0 Å². The standard InChI is InChI=1S/C17H21NOS.ClH/c1-18-13-12-15(14-8-4-3-5-9-14)19-16-10-6-7-11-17(16)20-2;/h3-11,15,18H,12-13H2,1-2H3;1H/t15-;/m1./s1. The summed E-state index contributed by atoms with van der Waals surface area (Å²) in [4.78, 5) is 1.18. The zero-order valence-corrected chi connectivity index (χ0v) is 14.0. The van der Waals surface area contributed by atoms with Gasteiger partial charge in [-0.1, -0.05) is 42.5 Å². The molecule has 114 valence electrons. The first-order chi connectivity index (χ1) is 9.85. The minimum atomic E-state index is 0. The molecule has 2 nitrogen and oxygen atoms in total. The fourth-order valence-electron chi connectivity index (χ4n) is 2.11. The van der Waals surface area contributed by atoms with Gasteiger partial charge in [-0.25, -0.2) is 0 Å². The Hall–Kier alpha value is -1.16. The van der Waals surface area contributed by atoms with Gasteiger partial charge in [-0.15, -0.1) is 24.2 Å². The topological polar surface area (TPSA) is 21.3 Å². The van der Waals surface area contributed by atoms with Gasteiger partial charge < -0.3 is 10.1 Å². The highest BCUT2D eigenvalue weighted by Crippen LogP contribution is 2.32. The van der Waals surface area contributed by atoms with Gasteiger partial charge in [0.1, 0.15) is 11.9 Å². The number of hydrogen-bond donors (Lipinski definition) is 1. The molecular weight excluding hydrogens is 302 g/mol. The lowest BCUT2D eigenvalue weighted by Gasteiger charge is -2.21. The summed E-state index contributed by atoms with van der Waals surface area (Å²) in [6.45, 7) is 0.932. The van der Waals surface area contributed by atoms with Crippen molar-refractivity contribution in [3.05, 3.63) is 60.2 Å².